The number of aromatic nitrogens is 2. The Bertz CT molecular complexity index is 1340. The van der Waals surface area contributed by atoms with Crippen LogP contribution in [0, 0.1) is 0 Å². The number of urea groups is 1. The van der Waals surface area contributed by atoms with E-state index in [1.807, 2.05) is 0 Å². The molecule has 1 saturated heterocycles. The minimum atomic E-state index is -4.64. The van der Waals surface area contributed by atoms with Gasteiger partial charge >= 0.3 is 12.2 Å². The molecule has 0 saturated carbocycles. The minimum absolute atomic E-state index is 0.0494. The molecule has 1 fully saturated rings. The molecule has 3 heterocycles. The van der Waals surface area contributed by atoms with Crippen molar-refractivity contribution in [3.63, 3.8) is 0 Å². The van der Waals surface area contributed by atoms with Gasteiger partial charge in [-0.05, 0) is 30.3 Å². The zero-order valence-electron chi connectivity index (χ0n) is 23.3. The smallest absolute Gasteiger partial charge is 0.418 e. The van der Waals surface area contributed by atoms with Crippen molar-refractivity contribution in [2.45, 2.75) is 38.6 Å². The van der Waals surface area contributed by atoms with E-state index in [-0.39, 0.29) is 34.3 Å². The molecule has 0 radical (unpaired) electrons. The van der Waals surface area contributed by atoms with Crippen LogP contribution in [0.4, 0.5) is 23.7 Å². The first-order valence-electron chi connectivity index (χ1n) is 13.4. The van der Waals surface area contributed by atoms with Crippen molar-refractivity contribution in [1.82, 2.24) is 19.8 Å². The third-order valence-corrected chi connectivity index (χ3v) is 8.48. The van der Waals surface area contributed by atoms with Crippen molar-refractivity contribution in [3.8, 4) is 11.5 Å². The summed E-state index contributed by atoms with van der Waals surface area (Å²) in [6.07, 6.45) is -2.28. The second-order valence-electron chi connectivity index (χ2n) is 10.9. The lowest BCUT2D eigenvalue weighted by atomic mass is 10.2. The molecule has 0 bridgehead atoms. The number of ether oxygens (including phenoxy) is 3. The first-order valence-corrected chi connectivity index (χ1v) is 17.4. The number of carbonyl (C=O) groups excluding carboxylic acids is 1. The molecule has 2 N–H and O–H groups in total. The number of amides is 2. The highest BCUT2D eigenvalue weighted by molar-refractivity contribution is 6.76. The molecule has 14 heteroatoms. The Labute approximate surface area is 242 Å². The molecule has 0 spiro atoms. The fraction of sp³-hybridized carbons (Fsp3) is 0.481. The Kier molecular flexibility index (Phi) is 10.2. The molecule has 0 aliphatic carbocycles. The van der Waals surface area contributed by atoms with Crippen LogP contribution in [0.25, 0.3) is 11.0 Å². The number of hydrogen-bond acceptors (Lipinski definition) is 6. The molecule has 4 rings (SSSR count). The van der Waals surface area contributed by atoms with Crippen molar-refractivity contribution >= 4 is 42.4 Å². The Hall–Kier alpha value is -2.84. The van der Waals surface area contributed by atoms with E-state index in [1.54, 1.807) is 6.07 Å². The lowest BCUT2D eigenvalue weighted by molar-refractivity contribution is -0.136. The molecule has 2 aromatic heterocycles. The maximum atomic E-state index is 14.0. The molecule has 1 aliphatic heterocycles. The van der Waals surface area contributed by atoms with Gasteiger partial charge in [-0.15, -0.1) is 0 Å². The molecule has 2 amide bonds. The van der Waals surface area contributed by atoms with Crippen LogP contribution in [-0.4, -0.2) is 74.6 Å². The van der Waals surface area contributed by atoms with Crippen LogP contribution >= 0.6 is 11.6 Å². The van der Waals surface area contributed by atoms with Gasteiger partial charge in [-0.1, -0.05) is 31.2 Å². The van der Waals surface area contributed by atoms with E-state index < -0.39 is 25.8 Å². The van der Waals surface area contributed by atoms with Gasteiger partial charge in [0.2, 0.25) is 0 Å². The van der Waals surface area contributed by atoms with Gasteiger partial charge in [-0.25, -0.2) is 9.78 Å². The van der Waals surface area contributed by atoms with Crippen LogP contribution in [0.15, 0.2) is 36.7 Å². The van der Waals surface area contributed by atoms with Gasteiger partial charge in [-0.2, -0.15) is 13.2 Å². The average Bonchev–Trinajstić information content (AvgIpc) is 3.28. The molecular weight excluding hydrogens is 579 g/mol. The maximum absolute atomic E-state index is 14.0. The largest absolute Gasteiger partial charge is 0.455 e. The van der Waals surface area contributed by atoms with Crippen molar-refractivity contribution in [1.29, 1.82) is 0 Å². The highest BCUT2D eigenvalue weighted by Crippen LogP contribution is 2.42. The summed E-state index contributed by atoms with van der Waals surface area (Å²) in [6, 6.07) is 6.37. The van der Waals surface area contributed by atoms with Crippen molar-refractivity contribution in [3.05, 3.63) is 47.2 Å². The number of fused-ring (bicyclic) bond motifs is 1. The lowest BCUT2D eigenvalue weighted by Crippen LogP contribution is -2.42. The van der Waals surface area contributed by atoms with Gasteiger partial charge in [0.05, 0.1) is 29.2 Å². The summed E-state index contributed by atoms with van der Waals surface area (Å²) >= 11 is 6.40. The van der Waals surface area contributed by atoms with Gasteiger partial charge in [0, 0.05) is 58.9 Å². The van der Waals surface area contributed by atoms with Crippen LogP contribution in [0.1, 0.15) is 5.56 Å². The first-order chi connectivity index (χ1) is 19.4. The summed E-state index contributed by atoms with van der Waals surface area (Å²) in [7, 11) is -1.35. The number of alkyl halides is 3. The van der Waals surface area contributed by atoms with E-state index >= 15 is 0 Å². The van der Waals surface area contributed by atoms with Crippen LogP contribution in [0.5, 0.6) is 11.5 Å². The highest BCUT2D eigenvalue weighted by atomic mass is 35.5. The lowest BCUT2D eigenvalue weighted by Gasteiger charge is -2.26. The van der Waals surface area contributed by atoms with Gasteiger partial charge < -0.3 is 29.4 Å². The number of anilines is 1. The Morgan fingerprint density at radius 2 is 1.93 bits per heavy atom. The second kappa shape index (κ2) is 13.4. The molecular formula is C27H35ClF3N5O4Si. The predicted octanol–water partition coefficient (Wildman–Crippen LogP) is 6.27. The number of nitrogens with one attached hydrogen (secondary N) is 2. The Morgan fingerprint density at radius 3 is 2.61 bits per heavy atom. The first kappa shape index (κ1) is 31.1. The summed E-state index contributed by atoms with van der Waals surface area (Å²) < 4.78 is 60.3. The third kappa shape index (κ3) is 8.82. The normalized spacial score (nSPS) is 14.8. The number of carbonyl (C=O) groups is 1. The van der Waals surface area contributed by atoms with Crippen molar-refractivity contribution in [2.24, 2.45) is 0 Å². The molecule has 1 aliphatic rings. The monoisotopic (exact) mass is 613 g/mol. The van der Waals surface area contributed by atoms with Crippen molar-refractivity contribution < 1.29 is 32.2 Å². The average molecular weight is 614 g/mol. The Morgan fingerprint density at radius 1 is 1.17 bits per heavy atom. The summed E-state index contributed by atoms with van der Waals surface area (Å²) in [5, 5.41) is 5.42. The van der Waals surface area contributed by atoms with E-state index in [0.29, 0.717) is 38.6 Å². The Balaban J connectivity index is 1.45. The molecule has 0 atom stereocenters. The van der Waals surface area contributed by atoms with E-state index in [1.165, 1.54) is 29.0 Å². The van der Waals surface area contributed by atoms with E-state index in [0.717, 1.165) is 25.3 Å². The molecule has 3 aromatic rings. The number of hydrogen-bond donors (Lipinski definition) is 2. The molecule has 41 heavy (non-hydrogen) atoms. The van der Waals surface area contributed by atoms with E-state index in [2.05, 4.69) is 40.2 Å². The summed E-state index contributed by atoms with van der Waals surface area (Å²) in [5.41, 5.74) is -0.387. The van der Waals surface area contributed by atoms with Crippen LogP contribution < -0.4 is 15.4 Å². The van der Waals surface area contributed by atoms with Crippen molar-refractivity contribution in [2.75, 3.05) is 51.3 Å². The van der Waals surface area contributed by atoms with E-state index in [9.17, 15) is 18.0 Å². The van der Waals surface area contributed by atoms with Gasteiger partial charge in [0.15, 0.2) is 0 Å². The topological polar surface area (TPSA) is 89.9 Å². The van der Waals surface area contributed by atoms with Gasteiger partial charge in [0.25, 0.3) is 0 Å². The minimum Gasteiger partial charge on any atom is -0.455 e. The maximum Gasteiger partial charge on any atom is 0.418 e. The summed E-state index contributed by atoms with van der Waals surface area (Å²) in [4.78, 5) is 18.7. The summed E-state index contributed by atoms with van der Waals surface area (Å²) in [5.74, 6) is 0.0799. The van der Waals surface area contributed by atoms with Crippen LogP contribution in [0.3, 0.4) is 0 Å². The van der Waals surface area contributed by atoms with Gasteiger partial charge in [0.1, 0.15) is 23.9 Å². The molecule has 9 nitrogen and oxygen atoms in total. The molecule has 224 valence electrons. The molecule has 1 aromatic carbocycles. The highest BCUT2D eigenvalue weighted by Gasteiger charge is 2.36. The van der Waals surface area contributed by atoms with Crippen LogP contribution in [-0.2, 0) is 22.4 Å². The zero-order valence-corrected chi connectivity index (χ0v) is 25.1. The fourth-order valence-corrected chi connectivity index (χ4v) is 5.21. The number of morpholine rings is 1. The summed E-state index contributed by atoms with van der Waals surface area (Å²) in [6.45, 7) is 11.2. The predicted molar refractivity (Wildman–Crippen MR) is 155 cm³/mol. The SMILES string of the molecule is C[Si](C)(C)CCOCn1cc(C(F)(F)F)c2c(Oc3ccc(NC(=O)NCCN4CCOCC4)cc3Cl)ccnc21. The van der Waals surface area contributed by atoms with Crippen LogP contribution in [0.2, 0.25) is 30.7 Å². The van der Waals surface area contributed by atoms with Gasteiger partial charge in [-0.3, -0.25) is 4.90 Å². The third-order valence-electron chi connectivity index (χ3n) is 6.48. The second-order valence-corrected chi connectivity index (χ2v) is 17.0. The molecule has 0 unspecified atom stereocenters. The number of nitrogens with zero attached hydrogens (tertiary/aromatic N) is 3. The number of rotatable bonds is 11. The number of pyridine rings is 1. The number of benzene rings is 1. The zero-order chi connectivity index (χ0) is 29.6. The number of halogens is 4. The standard InChI is InChI=1S/C27H35ClF3N5O4Si/c1-41(2,3)15-14-39-18-36-17-20(27(29,30)31)24-23(6-7-32-25(24)36)40-22-5-4-19(16-21(22)28)34-26(37)33-8-9-35-10-12-38-13-11-35/h4-7,16-17H,8-15,18H2,1-3H3,(H2,33,34,37). The quantitative estimate of drug-likeness (QED) is 0.196. The fourth-order valence-electron chi connectivity index (χ4n) is 4.23. The van der Waals surface area contributed by atoms with E-state index in [4.69, 9.17) is 25.8 Å².